The van der Waals surface area contributed by atoms with Gasteiger partial charge < -0.3 is 19.5 Å². The minimum atomic E-state index is -0.451. The molecular formula is C21H22N2O6. The number of methoxy groups -OCH3 is 2. The van der Waals surface area contributed by atoms with Gasteiger partial charge in [0.25, 0.3) is 5.69 Å². The third-order valence-corrected chi connectivity index (χ3v) is 5.66. The van der Waals surface area contributed by atoms with Gasteiger partial charge in [-0.3, -0.25) is 10.1 Å². The number of anilines is 1. The fourth-order valence-corrected chi connectivity index (χ4v) is 4.36. The molecule has 2 aliphatic heterocycles. The Kier molecular flexibility index (Phi) is 5.10. The maximum atomic E-state index is 12.3. The minimum absolute atomic E-state index is 0.0112. The highest BCUT2D eigenvalue weighted by molar-refractivity contribution is 5.97. The number of para-hydroxylation sites is 1. The van der Waals surface area contributed by atoms with Crippen molar-refractivity contribution in [2.45, 2.75) is 25.0 Å². The van der Waals surface area contributed by atoms with Gasteiger partial charge in [0.1, 0.15) is 5.75 Å². The van der Waals surface area contributed by atoms with Gasteiger partial charge >= 0.3 is 5.97 Å². The Balaban J connectivity index is 1.87. The van der Waals surface area contributed by atoms with E-state index in [-0.39, 0.29) is 23.8 Å². The predicted octanol–water partition coefficient (Wildman–Crippen LogP) is 4.02. The van der Waals surface area contributed by atoms with Crippen LogP contribution in [0.1, 0.15) is 46.5 Å². The quantitative estimate of drug-likeness (QED) is 0.471. The first-order chi connectivity index (χ1) is 14.0. The second-order valence-corrected chi connectivity index (χ2v) is 7.16. The van der Waals surface area contributed by atoms with E-state index < -0.39 is 10.9 Å². The number of hydrogen-bond acceptors (Lipinski definition) is 7. The van der Waals surface area contributed by atoms with Gasteiger partial charge in [0.05, 0.1) is 42.5 Å². The van der Waals surface area contributed by atoms with Crippen LogP contribution in [0.4, 0.5) is 11.4 Å². The van der Waals surface area contributed by atoms with E-state index in [0.717, 1.165) is 18.4 Å². The summed E-state index contributed by atoms with van der Waals surface area (Å²) in [6, 6.07) is 9.71. The Morgan fingerprint density at radius 3 is 2.79 bits per heavy atom. The van der Waals surface area contributed by atoms with Crippen LogP contribution < -0.4 is 10.1 Å². The normalized spacial score (nSPS) is 22.6. The Hall–Kier alpha value is -3.13. The lowest BCUT2D eigenvalue weighted by Crippen LogP contribution is -2.37. The maximum Gasteiger partial charge on any atom is 0.339 e. The number of nitro benzene ring substituents is 1. The molecular weight excluding hydrogens is 376 g/mol. The van der Waals surface area contributed by atoms with Gasteiger partial charge in [-0.2, -0.15) is 0 Å². The van der Waals surface area contributed by atoms with E-state index in [9.17, 15) is 14.9 Å². The van der Waals surface area contributed by atoms with Crippen LogP contribution >= 0.6 is 0 Å². The van der Waals surface area contributed by atoms with Crippen LogP contribution in [0, 0.1) is 16.0 Å². The van der Waals surface area contributed by atoms with E-state index in [0.29, 0.717) is 29.2 Å². The average Bonchev–Trinajstić information content (AvgIpc) is 2.77. The first kappa shape index (κ1) is 19.2. The average molecular weight is 398 g/mol. The van der Waals surface area contributed by atoms with Gasteiger partial charge in [-0.1, -0.05) is 12.1 Å². The number of ether oxygens (including phenoxy) is 3. The highest BCUT2D eigenvalue weighted by Crippen LogP contribution is 2.51. The first-order valence-electron chi connectivity index (χ1n) is 9.46. The lowest BCUT2D eigenvalue weighted by Gasteiger charge is -2.44. The Morgan fingerprint density at radius 1 is 1.24 bits per heavy atom. The summed E-state index contributed by atoms with van der Waals surface area (Å²) < 4.78 is 16.6. The number of nitrogens with zero attached hydrogens (tertiary/aromatic N) is 1. The highest BCUT2D eigenvalue weighted by atomic mass is 16.6. The second-order valence-electron chi connectivity index (χ2n) is 7.16. The Bertz CT molecular complexity index is 960. The third kappa shape index (κ3) is 3.29. The number of hydrogen-bond donors (Lipinski definition) is 1. The van der Waals surface area contributed by atoms with Gasteiger partial charge in [0.15, 0.2) is 0 Å². The van der Waals surface area contributed by atoms with Crippen LogP contribution in [0.2, 0.25) is 0 Å². The molecule has 0 aliphatic carbocycles. The molecule has 2 aromatic carbocycles. The Morgan fingerprint density at radius 2 is 2.07 bits per heavy atom. The lowest BCUT2D eigenvalue weighted by molar-refractivity contribution is -0.385. The molecule has 2 aromatic rings. The number of benzene rings is 2. The number of non-ortho nitro benzene ring substituents is 1. The summed E-state index contributed by atoms with van der Waals surface area (Å²) in [6.07, 6.45) is 1.55. The highest BCUT2D eigenvalue weighted by Gasteiger charge is 2.42. The van der Waals surface area contributed by atoms with Crippen molar-refractivity contribution in [1.29, 1.82) is 0 Å². The van der Waals surface area contributed by atoms with Crippen LogP contribution in [0.15, 0.2) is 36.4 Å². The number of carbonyl (C=O) groups excluding carboxylic acids is 1. The van der Waals surface area contributed by atoms with Gasteiger partial charge in [-0.15, -0.1) is 0 Å². The largest absolute Gasteiger partial charge is 0.496 e. The van der Waals surface area contributed by atoms with Crippen LogP contribution in [-0.2, 0) is 9.47 Å². The lowest BCUT2D eigenvalue weighted by atomic mass is 9.76. The van der Waals surface area contributed by atoms with E-state index in [2.05, 4.69) is 5.32 Å². The van der Waals surface area contributed by atoms with Crippen molar-refractivity contribution in [3.05, 3.63) is 63.2 Å². The number of rotatable bonds is 4. The second kappa shape index (κ2) is 7.71. The molecule has 3 atom stereocenters. The molecule has 0 amide bonds. The van der Waals surface area contributed by atoms with Crippen molar-refractivity contribution in [3.63, 3.8) is 0 Å². The summed E-state index contributed by atoms with van der Waals surface area (Å²) in [4.78, 5) is 23.3. The van der Waals surface area contributed by atoms with Gasteiger partial charge in [0, 0.05) is 35.8 Å². The van der Waals surface area contributed by atoms with E-state index in [1.54, 1.807) is 12.1 Å². The number of carbonyl (C=O) groups is 1. The number of esters is 1. The van der Waals surface area contributed by atoms with E-state index >= 15 is 0 Å². The molecule has 0 radical (unpaired) electrons. The standard InChI is InChI=1S/C21H22N2O6/c1-27-17-9-8-12(23(25)26)11-16(17)19-14-7-4-10-29-20(14)13-5-3-6-15(18(13)22-19)21(24)28-2/h3,5-6,8-9,11,14,19-20,22H,4,7,10H2,1-2H3/t14-,19-,20+/m1/s1. The van der Waals surface area contributed by atoms with Crippen LogP contribution in [0.25, 0.3) is 0 Å². The smallest absolute Gasteiger partial charge is 0.339 e. The van der Waals surface area contributed by atoms with Crippen molar-refractivity contribution >= 4 is 17.3 Å². The molecule has 152 valence electrons. The van der Waals surface area contributed by atoms with Crippen molar-refractivity contribution in [3.8, 4) is 5.75 Å². The summed E-state index contributed by atoms with van der Waals surface area (Å²) in [7, 11) is 2.88. The zero-order valence-electron chi connectivity index (χ0n) is 16.2. The molecule has 29 heavy (non-hydrogen) atoms. The van der Waals surface area contributed by atoms with Crippen molar-refractivity contribution in [1.82, 2.24) is 0 Å². The van der Waals surface area contributed by atoms with Gasteiger partial charge in [-0.05, 0) is 25.0 Å². The third-order valence-electron chi connectivity index (χ3n) is 5.66. The molecule has 0 spiro atoms. The summed E-state index contributed by atoms with van der Waals surface area (Å²) in [5, 5.41) is 14.8. The molecule has 8 heteroatoms. The topological polar surface area (TPSA) is 99.9 Å². The number of fused-ring (bicyclic) bond motifs is 3. The monoisotopic (exact) mass is 398 g/mol. The van der Waals surface area contributed by atoms with E-state index in [1.807, 2.05) is 12.1 Å². The van der Waals surface area contributed by atoms with E-state index in [1.165, 1.54) is 26.4 Å². The number of nitro groups is 1. The van der Waals surface area contributed by atoms with E-state index in [4.69, 9.17) is 14.2 Å². The van der Waals surface area contributed by atoms with Crippen molar-refractivity contribution in [2.75, 3.05) is 26.1 Å². The summed E-state index contributed by atoms with van der Waals surface area (Å²) in [5.74, 6) is 0.143. The predicted molar refractivity (Wildman–Crippen MR) is 105 cm³/mol. The maximum absolute atomic E-state index is 12.3. The summed E-state index contributed by atoms with van der Waals surface area (Å²) in [5.41, 5.74) is 2.61. The zero-order valence-corrected chi connectivity index (χ0v) is 16.2. The molecule has 0 bridgehead atoms. The first-order valence-corrected chi connectivity index (χ1v) is 9.46. The Labute approximate surface area is 167 Å². The molecule has 0 aromatic heterocycles. The molecule has 1 fully saturated rings. The fraction of sp³-hybridized carbons (Fsp3) is 0.381. The molecule has 1 saturated heterocycles. The molecule has 4 rings (SSSR count). The van der Waals surface area contributed by atoms with Gasteiger partial charge in [0.2, 0.25) is 0 Å². The number of nitrogens with one attached hydrogen (secondary N) is 1. The molecule has 8 nitrogen and oxygen atoms in total. The molecule has 0 unspecified atom stereocenters. The summed E-state index contributed by atoms with van der Waals surface area (Å²) in [6.45, 7) is 0.627. The molecule has 2 aliphatic rings. The zero-order chi connectivity index (χ0) is 20.5. The molecule has 1 N–H and O–H groups in total. The minimum Gasteiger partial charge on any atom is -0.496 e. The van der Waals surface area contributed by atoms with Crippen LogP contribution in [0.5, 0.6) is 5.75 Å². The summed E-state index contributed by atoms with van der Waals surface area (Å²) >= 11 is 0. The fourth-order valence-electron chi connectivity index (χ4n) is 4.36. The molecule has 0 saturated carbocycles. The van der Waals surface area contributed by atoms with Crippen LogP contribution in [0.3, 0.4) is 0 Å². The molecule has 2 heterocycles. The SMILES string of the molecule is COC(=O)c1cccc2c1N[C@@H](c1cc([N+](=O)[O-])ccc1OC)[C@H]1CCCO[C@@H]21. The van der Waals surface area contributed by atoms with Crippen molar-refractivity contribution < 1.29 is 23.9 Å². The van der Waals surface area contributed by atoms with Crippen molar-refractivity contribution in [2.24, 2.45) is 5.92 Å². The van der Waals surface area contributed by atoms with Gasteiger partial charge in [-0.25, -0.2) is 4.79 Å². The van der Waals surface area contributed by atoms with Crippen LogP contribution in [-0.4, -0.2) is 31.7 Å².